The topological polar surface area (TPSA) is 84.4 Å². The Morgan fingerprint density at radius 2 is 1.66 bits per heavy atom. The smallest absolute Gasteiger partial charge is 0.253 e. The minimum absolute atomic E-state index is 0. The summed E-state index contributed by atoms with van der Waals surface area (Å²) in [5.74, 6) is 2.65. The lowest BCUT2D eigenvalue weighted by molar-refractivity contribution is 0.0827. The number of carbonyl (C=O) groups is 1. The zero-order valence-electron chi connectivity index (χ0n) is 19.5. The summed E-state index contributed by atoms with van der Waals surface area (Å²) in [6.07, 6.45) is 0.754. The fraction of sp³-hybridized carbons (Fsp3) is 0.391. The summed E-state index contributed by atoms with van der Waals surface area (Å²) in [4.78, 5) is 18.0. The molecular formula is C23H33IN4O4. The van der Waals surface area contributed by atoms with E-state index in [1.807, 2.05) is 36.4 Å². The molecule has 0 unspecified atom stereocenters. The lowest BCUT2D eigenvalue weighted by Crippen LogP contribution is -2.38. The summed E-state index contributed by atoms with van der Waals surface area (Å²) in [5.41, 5.74) is 2.63. The van der Waals surface area contributed by atoms with Crippen LogP contribution in [0.2, 0.25) is 0 Å². The summed E-state index contributed by atoms with van der Waals surface area (Å²) < 4.78 is 16.3. The van der Waals surface area contributed by atoms with Crippen LogP contribution >= 0.6 is 24.0 Å². The second-order valence-corrected chi connectivity index (χ2v) is 7.01. The van der Waals surface area contributed by atoms with E-state index in [1.165, 1.54) is 0 Å². The van der Waals surface area contributed by atoms with Gasteiger partial charge in [0.2, 0.25) is 0 Å². The van der Waals surface area contributed by atoms with Crippen molar-refractivity contribution in [1.29, 1.82) is 0 Å². The Morgan fingerprint density at radius 3 is 2.19 bits per heavy atom. The van der Waals surface area contributed by atoms with Crippen LogP contribution in [0.5, 0.6) is 17.2 Å². The van der Waals surface area contributed by atoms with E-state index in [4.69, 9.17) is 14.2 Å². The minimum Gasteiger partial charge on any atom is -0.496 e. The van der Waals surface area contributed by atoms with Crippen molar-refractivity contribution in [1.82, 2.24) is 15.5 Å². The van der Waals surface area contributed by atoms with Crippen LogP contribution in [0, 0.1) is 0 Å². The SMILES string of the molecule is CN=C(NCCc1cccc(C(=O)N(C)C)c1)NCc1c(OC)cc(OC)cc1OC.I. The van der Waals surface area contributed by atoms with Gasteiger partial charge in [-0.15, -0.1) is 24.0 Å². The first kappa shape index (κ1) is 27.3. The van der Waals surface area contributed by atoms with Crippen molar-refractivity contribution in [3.05, 3.63) is 53.1 Å². The van der Waals surface area contributed by atoms with Gasteiger partial charge in [0, 0.05) is 45.4 Å². The molecule has 9 heteroatoms. The standard InChI is InChI=1S/C23H32N4O4.HI/c1-24-23(25-11-10-16-8-7-9-17(12-16)22(28)27(2)3)26-15-19-20(30-5)13-18(29-4)14-21(19)31-6;/h7-9,12-14H,10-11,15H2,1-6H3,(H2,24,25,26);1H. The predicted molar refractivity (Wildman–Crippen MR) is 138 cm³/mol. The van der Waals surface area contributed by atoms with Gasteiger partial charge in [-0.25, -0.2) is 0 Å². The number of methoxy groups -OCH3 is 3. The van der Waals surface area contributed by atoms with Crippen LogP contribution in [0.25, 0.3) is 0 Å². The number of ether oxygens (including phenoxy) is 3. The predicted octanol–water partition coefficient (Wildman–Crippen LogP) is 2.94. The number of benzene rings is 2. The first-order valence-electron chi connectivity index (χ1n) is 9.97. The number of rotatable bonds is 9. The number of guanidine groups is 1. The van der Waals surface area contributed by atoms with Crippen LogP contribution < -0.4 is 24.8 Å². The Morgan fingerprint density at radius 1 is 1.00 bits per heavy atom. The Labute approximate surface area is 207 Å². The van der Waals surface area contributed by atoms with Crippen molar-refractivity contribution in [3.8, 4) is 17.2 Å². The second kappa shape index (κ2) is 13.7. The Bertz CT molecular complexity index is 894. The van der Waals surface area contributed by atoms with Crippen LogP contribution in [0.1, 0.15) is 21.5 Å². The number of hydrogen-bond acceptors (Lipinski definition) is 5. The molecule has 2 rings (SSSR count). The van der Waals surface area contributed by atoms with Gasteiger partial charge in [0.25, 0.3) is 5.91 Å². The fourth-order valence-corrected chi connectivity index (χ4v) is 3.09. The summed E-state index contributed by atoms with van der Waals surface area (Å²) in [5, 5.41) is 6.58. The summed E-state index contributed by atoms with van der Waals surface area (Å²) >= 11 is 0. The first-order chi connectivity index (χ1) is 14.9. The first-order valence-corrected chi connectivity index (χ1v) is 9.97. The Hall–Kier alpha value is -2.69. The summed E-state index contributed by atoms with van der Waals surface area (Å²) in [6.45, 7) is 1.12. The molecule has 2 N–H and O–H groups in total. The molecule has 0 bridgehead atoms. The van der Waals surface area contributed by atoms with Gasteiger partial charge in [0.15, 0.2) is 5.96 Å². The number of halogens is 1. The van der Waals surface area contributed by atoms with Gasteiger partial charge in [0.1, 0.15) is 17.2 Å². The molecule has 32 heavy (non-hydrogen) atoms. The molecular weight excluding hydrogens is 523 g/mol. The van der Waals surface area contributed by atoms with Crippen molar-refractivity contribution in [2.24, 2.45) is 4.99 Å². The molecule has 2 aromatic rings. The van der Waals surface area contributed by atoms with Crippen molar-refractivity contribution in [2.75, 3.05) is 49.0 Å². The molecule has 0 heterocycles. The molecule has 0 aliphatic carbocycles. The van der Waals surface area contributed by atoms with Crippen LogP contribution in [-0.2, 0) is 13.0 Å². The molecule has 0 aliphatic heterocycles. The molecule has 1 amide bonds. The van der Waals surface area contributed by atoms with E-state index in [2.05, 4.69) is 15.6 Å². The van der Waals surface area contributed by atoms with E-state index < -0.39 is 0 Å². The quantitative estimate of drug-likeness (QED) is 0.281. The lowest BCUT2D eigenvalue weighted by atomic mass is 10.1. The normalized spacial score (nSPS) is 10.6. The van der Waals surface area contributed by atoms with E-state index >= 15 is 0 Å². The molecule has 8 nitrogen and oxygen atoms in total. The molecule has 0 saturated carbocycles. The monoisotopic (exact) mass is 556 g/mol. The second-order valence-electron chi connectivity index (χ2n) is 7.01. The molecule has 2 aromatic carbocycles. The van der Waals surface area contributed by atoms with Crippen molar-refractivity contribution >= 4 is 35.8 Å². The number of amides is 1. The molecule has 0 fully saturated rings. The van der Waals surface area contributed by atoms with Gasteiger partial charge in [-0.05, 0) is 24.1 Å². The highest BCUT2D eigenvalue weighted by molar-refractivity contribution is 14.0. The zero-order chi connectivity index (χ0) is 22.8. The van der Waals surface area contributed by atoms with Crippen LogP contribution in [0.4, 0.5) is 0 Å². The number of carbonyl (C=O) groups excluding carboxylic acids is 1. The summed E-state index contributed by atoms with van der Waals surface area (Å²) in [7, 11) is 10.0. The number of nitrogens with one attached hydrogen (secondary N) is 2. The van der Waals surface area contributed by atoms with E-state index in [9.17, 15) is 4.79 Å². The molecule has 0 aliphatic rings. The van der Waals surface area contributed by atoms with Gasteiger partial charge in [-0.3, -0.25) is 9.79 Å². The fourth-order valence-electron chi connectivity index (χ4n) is 3.09. The third kappa shape index (κ3) is 7.47. The molecule has 0 aromatic heterocycles. The molecule has 0 atom stereocenters. The largest absolute Gasteiger partial charge is 0.496 e. The van der Waals surface area contributed by atoms with Gasteiger partial charge in [-0.2, -0.15) is 0 Å². The highest BCUT2D eigenvalue weighted by atomic mass is 127. The minimum atomic E-state index is -0.00493. The van der Waals surface area contributed by atoms with Gasteiger partial charge in [-0.1, -0.05) is 12.1 Å². The lowest BCUT2D eigenvalue weighted by Gasteiger charge is -2.17. The molecule has 176 valence electrons. The maximum atomic E-state index is 12.1. The van der Waals surface area contributed by atoms with Gasteiger partial charge < -0.3 is 29.7 Å². The number of nitrogens with zero attached hydrogens (tertiary/aromatic N) is 2. The van der Waals surface area contributed by atoms with E-state index in [-0.39, 0.29) is 29.9 Å². The maximum Gasteiger partial charge on any atom is 0.253 e. The highest BCUT2D eigenvalue weighted by Gasteiger charge is 2.14. The van der Waals surface area contributed by atoms with E-state index in [0.717, 1.165) is 17.5 Å². The average molecular weight is 556 g/mol. The Balaban J connectivity index is 0.00000512. The highest BCUT2D eigenvalue weighted by Crippen LogP contribution is 2.33. The number of aliphatic imine (C=N–C) groups is 1. The van der Waals surface area contributed by atoms with E-state index in [0.29, 0.717) is 41.9 Å². The third-order valence-corrected chi connectivity index (χ3v) is 4.76. The van der Waals surface area contributed by atoms with Crippen LogP contribution in [-0.4, -0.2) is 65.8 Å². The molecule has 0 radical (unpaired) electrons. The number of hydrogen-bond donors (Lipinski definition) is 2. The van der Waals surface area contributed by atoms with Crippen molar-refractivity contribution in [3.63, 3.8) is 0 Å². The zero-order valence-corrected chi connectivity index (χ0v) is 21.9. The summed E-state index contributed by atoms with van der Waals surface area (Å²) in [6, 6.07) is 11.3. The third-order valence-electron chi connectivity index (χ3n) is 4.76. The average Bonchev–Trinajstić information content (AvgIpc) is 2.80. The molecule has 0 spiro atoms. The van der Waals surface area contributed by atoms with Crippen LogP contribution in [0.15, 0.2) is 41.4 Å². The van der Waals surface area contributed by atoms with Crippen molar-refractivity contribution < 1.29 is 19.0 Å². The van der Waals surface area contributed by atoms with Crippen molar-refractivity contribution in [2.45, 2.75) is 13.0 Å². The Kier molecular flexibility index (Phi) is 11.7. The van der Waals surface area contributed by atoms with Gasteiger partial charge in [0.05, 0.1) is 33.4 Å². The van der Waals surface area contributed by atoms with Gasteiger partial charge >= 0.3 is 0 Å². The molecule has 0 saturated heterocycles. The van der Waals surface area contributed by atoms with E-state index in [1.54, 1.807) is 47.4 Å². The maximum absolute atomic E-state index is 12.1. The van der Waals surface area contributed by atoms with Crippen LogP contribution in [0.3, 0.4) is 0 Å².